The second kappa shape index (κ2) is 2.75. The van der Waals surface area contributed by atoms with Gasteiger partial charge in [0.2, 0.25) is 0 Å². The SMILES string of the molecule is CC1(C)O[C@H]2OC(C=O)[C@H](O)[C@H]2O1. The van der Waals surface area contributed by atoms with Gasteiger partial charge in [0, 0.05) is 0 Å². The maximum atomic E-state index is 10.4. The van der Waals surface area contributed by atoms with Crippen molar-refractivity contribution in [3.8, 4) is 0 Å². The van der Waals surface area contributed by atoms with Crippen LogP contribution in [0.25, 0.3) is 0 Å². The fraction of sp³-hybridized carbons (Fsp3) is 0.875. The second-order valence-electron chi connectivity index (χ2n) is 3.70. The van der Waals surface area contributed by atoms with Crippen molar-refractivity contribution in [3.63, 3.8) is 0 Å². The van der Waals surface area contributed by atoms with Crippen molar-refractivity contribution < 1.29 is 24.1 Å². The molecule has 0 saturated carbocycles. The van der Waals surface area contributed by atoms with Gasteiger partial charge in [-0.2, -0.15) is 0 Å². The van der Waals surface area contributed by atoms with E-state index in [-0.39, 0.29) is 0 Å². The number of carbonyl (C=O) groups is 1. The van der Waals surface area contributed by atoms with Gasteiger partial charge in [0.1, 0.15) is 18.3 Å². The van der Waals surface area contributed by atoms with Gasteiger partial charge in [0.05, 0.1) is 0 Å². The second-order valence-corrected chi connectivity index (χ2v) is 3.70. The first-order valence-corrected chi connectivity index (χ1v) is 4.18. The third-order valence-electron chi connectivity index (χ3n) is 2.19. The van der Waals surface area contributed by atoms with Crippen molar-refractivity contribution in [3.05, 3.63) is 0 Å². The molecule has 1 unspecified atom stereocenters. The zero-order valence-electron chi connectivity index (χ0n) is 7.47. The van der Waals surface area contributed by atoms with Gasteiger partial charge in [0.25, 0.3) is 0 Å². The van der Waals surface area contributed by atoms with Crippen molar-refractivity contribution in [2.75, 3.05) is 0 Å². The van der Waals surface area contributed by atoms with Gasteiger partial charge >= 0.3 is 0 Å². The van der Waals surface area contributed by atoms with Crippen LogP contribution in [0.1, 0.15) is 13.8 Å². The minimum atomic E-state index is -0.927. The van der Waals surface area contributed by atoms with Crippen LogP contribution in [0.5, 0.6) is 0 Å². The predicted octanol–water partition coefficient (Wildman–Crippen LogP) is -0.577. The van der Waals surface area contributed by atoms with Crippen LogP contribution in [0.2, 0.25) is 0 Å². The summed E-state index contributed by atoms with van der Waals surface area (Å²) in [5, 5.41) is 9.53. The van der Waals surface area contributed by atoms with Gasteiger partial charge < -0.3 is 24.1 Å². The van der Waals surface area contributed by atoms with Crippen LogP contribution in [0.4, 0.5) is 0 Å². The summed E-state index contributed by atoms with van der Waals surface area (Å²) in [6.45, 7) is 3.47. The van der Waals surface area contributed by atoms with E-state index in [9.17, 15) is 9.90 Å². The highest BCUT2D eigenvalue weighted by molar-refractivity contribution is 5.58. The number of fused-ring (bicyclic) bond motifs is 1. The van der Waals surface area contributed by atoms with Crippen molar-refractivity contribution >= 4 is 6.29 Å². The third-order valence-corrected chi connectivity index (χ3v) is 2.19. The van der Waals surface area contributed by atoms with E-state index in [2.05, 4.69) is 0 Å². The number of rotatable bonds is 1. The van der Waals surface area contributed by atoms with Crippen LogP contribution in [0.3, 0.4) is 0 Å². The minimum absolute atomic E-state index is 0.551. The zero-order valence-corrected chi connectivity index (χ0v) is 7.47. The summed E-state index contributed by atoms with van der Waals surface area (Å²) in [7, 11) is 0. The molecule has 0 aliphatic carbocycles. The fourth-order valence-corrected chi connectivity index (χ4v) is 1.63. The Labute approximate surface area is 75.6 Å². The Balaban J connectivity index is 2.11. The Morgan fingerprint density at radius 3 is 2.62 bits per heavy atom. The van der Waals surface area contributed by atoms with Gasteiger partial charge in [-0.05, 0) is 13.8 Å². The molecule has 2 fully saturated rings. The zero-order chi connectivity index (χ0) is 9.64. The Kier molecular flexibility index (Phi) is 1.92. The van der Waals surface area contributed by atoms with Crippen LogP contribution >= 0.6 is 0 Å². The molecule has 5 heteroatoms. The first-order chi connectivity index (χ1) is 6.03. The van der Waals surface area contributed by atoms with E-state index in [0.717, 1.165) is 0 Å². The average Bonchev–Trinajstić information content (AvgIpc) is 2.47. The quantitative estimate of drug-likeness (QED) is 0.558. The normalized spacial score (nSPS) is 47.6. The average molecular weight is 188 g/mol. The fourth-order valence-electron chi connectivity index (χ4n) is 1.63. The molecule has 0 aromatic carbocycles. The highest BCUT2D eigenvalue weighted by Gasteiger charge is 2.54. The smallest absolute Gasteiger partial charge is 0.190 e. The molecule has 0 amide bonds. The molecule has 2 heterocycles. The summed E-state index contributed by atoms with van der Waals surface area (Å²) < 4.78 is 15.8. The Bertz CT molecular complexity index is 227. The number of carbonyl (C=O) groups excluding carboxylic acids is 1. The molecule has 2 rings (SSSR count). The van der Waals surface area contributed by atoms with Crippen molar-refractivity contribution in [1.29, 1.82) is 0 Å². The van der Waals surface area contributed by atoms with Crippen LogP contribution < -0.4 is 0 Å². The molecular weight excluding hydrogens is 176 g/mol. The van der Waals surface area contributed by atoms with Crippen LogP contribution in [0.15, 0.2) is 0 Å². The molecule has 4 atom stereocenters. The summed E-state index contributed by atoms with van der Waals surface area (Å²) in [6.07, 6.45) is -2.37. The van der Waals surface area contributed by atoms with Crippen molar-refractivity contribution in [2.45, 2.75) is 44.2 Å². The molecule has 0 aromatic rings. The Morgan fingerprint density at radius 2 is 2.08 bits per heavy atom. The molecule has 0 radical (unpaired) electrons. The molecule has 5 nitrogen and oxygen atoms in total. The lowest BCUT2D eigenvalue weighted by Gasteiger charge is -2.20. The molecule has 2 aliphatic heterocycles. The first kappa shape index (κ1) is 9.08. The van der Waals surface area contributed by atoms with Crippen LogP contribution in [-0.2, 0) is 19.0 Å². The summed E-state index contributed by atoms with van der Waals surface area (Å²) in [5.41, 5.74) is 0. The Morgan fingerprint density at radius 1 is 1.38 bits per heavy atom. The van der Waals surface area contributed by atoms with Gasteiger partial charge in [-0.1, -0.05) is 0 Å². The molecule has 13 heavy (non-hydrogen) atoms. The molecule has 74 valence electrons. The summed E-state index contributed by atoms with van der Waals surface area (Å²) in [4.78, 5) is 10.4. The number of aliphatic hydroxyl groups is 1. The van der Waals surface area contributed by atoms with E-state index >= 15 is 0 Å². The number of hydrogen-bond acceptors (Lipinski definition) is 5. The summed E-state index contributed by atoms with van der Waals surface area (Å²) in [5.74, 6) is -0.746. The number of ether oxygens (including phenoxy) is 3. The number of aldehydes is 1. The lowest BCUT2D eigenvalue weighted by atomic mass is 10.1. The van der Waals surface area contributed by atoms with Crippen molar-refractivity contribution in [1.82, 2.24) is 0 Å². The molecule has 0 aromatic heterocycles. The summed E-state index contributed by atoms with van der Waals surface area (Å²) >= 11 is 0. The lowest BCUT2D eigenvalue weighted by Crippen LogP contribution is -2.35. The number of hydrogen-bond donors (Lipinski definition) is 1. The Hall–Kier alpha value is -0.490. The molecular formula is C8H12O5. The van der Waals surface area contributed by atoms with Crippen molar-refractivity contribution in [2.24, 2.45) is 0 Å². The third kappa shape index (κ3) is 1.38. The van der Waals surface area contributed by atoms with E-state index in [4.69, 9.17) is 14.2 Å². The van der Waals surface area contributed by atoms with Gasteiger partial charge in [-0.25, -0.2) is 0 Å². The lowest BCUT2D eigenvalue weighted by molar-refractivity contribution is -0.212. The standard InChI is InChI=1S/C8H12O5/c1-8(2)12-6-5(10)4(3-9)11-7(6)13-8/h3-7,10H,1-2H3/t4?,5-,6+,7+/m0/s1. The first-order valence-electron chi connectivity index (χ1n) is 4.18. The van der Waals surface area contributed by atoms with Gasteiger partial charge in [0.15, 0.2) is 18.4 Å². The molecule has 2 aliphatic rings. The molecule has 1 N–H and O–H groups in total. The van der Waals surface area contributed by atoms with Gasteiger partial charge in [-0.15, -0.1) is 0 Å². The van der Waals surface area contributed by atoms with E-state index in [1.165, 1.54) is 0 Å². The molecule has 0 spiro atoms. The topological polar surface area (TPSA) is 65.0 Å². The largest absolute Gasteiger partial charge is 0.387 e. The monoisotopic (exact) mass is 188 g/mol. The molecule has 2 saturated heterocycles. The van der Waals surface area contributed by atoms with Crippen LogP contribution in [-0.4, -0.2) is 41.8 Å². The van der Waals surface area contributed by atoms with E-state index in [1.807, 2.05) is 0 Å². The predicted molar refractivity (Wildman–Crippen MR) is 40.8 cm³/mol. The highest BCUT2D eigenvalue weighted by Crippen LogP contribution is 2.36. The van der Waals surface area contributed by atoms with E-state index in [0.29, 0.717) is 6.29 Å². The maximum absolute atomic E-state index is 10.4. The molecule has 0 bridgehead atoms. The number of aliphatic hydroxyl groups excluding tert-OH is 1. The van der Waals surface area contributed by atoms with E-state index in [1.54, 1.807) is 13.8 Å². The van der Waals surface area contributed by atoms with Gasteiger partial charge in [-0.3, -0.25) is 0 Å². The van der Waals surface area contributed by atoms with E-state index < -0.39 is 30.4 Å². The highest BCUT2D eigenvalue weighted by atomic mass is 16.8. The summed E-state index contributed by atoms with van der Waals surface area (Å²) in [6, 6.07) is 0. The maximum Gasteiger partial charge on any atom is 0.190 e. The van der Waals surface area contributed by atoms with Crippen LogP contribution in [0, 0.1) is 0 Å². The minimum Gasteiger partial charge on any atom is -0.387 e.